The van der Waals surface area contributed by atoms with Gasteiger partial charge in [-0.1, -0.05) is 12.8 Å². The van der Waals surface area contributed by atoms with Crippen LogP contribution in [0.4, 0.5) is 0 Å². The average Bonchev–Trinajstić information content (AvgIpc) is 3.07. The molecule has 8 bridgehead atoms. The van der Waals surface area contributed by atoms with Gasteiger partial charge in [0.15, 0.2) is 83.0 Å². The molecule has 0 spiro atoms. The molecular weight excluding hydrogens is 1400 g/mol. The Morgan fingerprint density at radius 2 is 0.792 bits per heavy atom. The fourth-order valence-electron chi connectivity index (χ4n) is 6.66. The van der Waals surface area contributed by atoms with Gasteiger partial charge in [-0.25, -0.2) is 9.78 Å². The number of nitrogens with zero attached hydrogens (tertiary/aromatic N) is 1. The van der Waals surface area contributed by atoms with Crippen LogP contribution in [0.15, 0.2) is 18.3 Å². The minimum absolute atomic E-state index is 0. The van der Waals surface area contributed by atoms with Gasteiger partial charge in [0.1, 0.15) is 0 Å². The minimum Gasteiger partial charge on any atom is -0.693 e. The van der Waals surface area contributed by atoms with Crippen molar-refractivity contribution in [2.45, 2.75) is 130 Å². The predicted octanol–water partition coefficient (Wildman–Crippen LogP) is 6.51. The number of aromatic nitrogens is 1. The summed E-state index contributed by atoms with van der Waals surface area (Å²) in [6, 6.07) is 3.75. The van der Waals surface area contributed by atoms with Gasteiger partial charge in [-0.3, -0.25) is 0 Å². The zero-order valence-corrected chi connectivity index (χ0v) is 62.5. The molecule has 0 unspecified atom stereocenters. The Balaban J connectivity index is 0.00000518. The van der Waals surface area contributed by atoms with Gasteiger partial charge < -0.3 is 119 Å². The molecule has 6 saturated heterocycles. The number of nitrogens with two attached hydrogens (primary N) is 2. The predicted molar refractivity (Wildman–Crippen MR) is 286 cm³/mol. The number of ether oxygens (including phenoxy) is 1. The van der Waals surface area contributed by atoms with E-state index in [1.165, 1.54) is 6.20 Å². The number of carboxylic acid groups (broad SMARTS) is 1. The number of hydrogen-bond acceptors (Lipinski definition) is 23. The maximum Gasteiger partial charge on any atom is 0.651 e. The van der Waals surface area contributed by atoms with Crippen LogP contribution >= 0.6 is 0 Å². The Bertz CT molecular complexity index is 1730. The molecule has 6 aliphatic heterocycles. The van der Waals surface area contributed by atoms with Crippen LogP contribution in [-0.2, 0) is 102 Å². The van der Waals surface area contributed by atoms with Crippen LogP contribution in [0.25, 0.3) is 12.3 Å². The quantitative estimate of drug-likeness (QED) is 0.0655. The maximum atomic E-state index is 11.7. The first-order chi connectivity index (χ1) is 31.0. The Hall–Kier alpha value is 1.66. The minimum atomic E-state index is -5.08. The molecule has 1 aromatic heterocycles. The number of rotatable bonds is 24. The van der Waals surface area contributed by atoms with E-state index in [2.05, 4.69) is 4.98 Å². The van der Waals surface area contributed by atoms with Crippen LogP contribution in [-0.4, -0.2) is 167 Å². The third kappa shape index (κ3) is 18.3. The van der Waals surface area contributed by atoms with Crippen LogP contribution < -0.4 is 4.74 Å². The molecule has 0 amide bonds. The van der Waals surface area contributed by atoms with Crippen LogP contribution in [0.2, 0.25) is 111 Å². The third-order valence-electron chi connectivity index (χ3n) is 8.36. The van der Waals surface area contributed by atoms with Gasteiger partial charge in [0, 0.05) is 26.3 Å². The summed E-state index contributed by atoms with van der Waals surface area (Å²) in [5, 5.41) is 9.56. The van der Waals surface area contributed by atoms with Crippen molar-refractivity contribution in [3.8, 4) is 5.75 Å². The smallest absolute Gasteiger partial charge is 0.651 e. The molecule has 43 heteroatoms. The molecule has 0 aliphatic carbocycles. The summed E-state index contributed by atoms with van der Waals surface area (Å²) in [7, 11) is -55.8. The van der Waals surface area contributed by atoms with Crippen molar-refractivity contribution in [3.05, 3.63) is 51.2 Å². The molecular formula is C29H72IrN3O23Si16-4. The molecule has 0 aromatic carbocycles. The summed E-state index contributed by atoms with van der Waals surface area (Å²) in [6.07, 6.45) is 3.37. The van der Waals surface area contributed by atoms with Gasteiger partial charge in [0.05, 0.1) is 6.61 Å². The van der Waals surface area contributed by atoms with E-state index in [4.69, 9.17) is 87.0 Å². The van der Waals surface area contributed by atoms with E-state index < -0.39 is 150 Å². The molecule has 0 atom stereocenters. The second kappa shape index (κ2) is 27.9. The summed E-state index contributed by atoms with van der Waals surface area (Å²) in [5.74, 6) is -0.971. The number of carbonyl (C=O) groups is 1. The summed E-state index contributed by atoms with van der Waals surface area (Å²) in [6.45, 7) is 30.4. The number of unbranched alkanes of at least 4 members (excludes halogenated alkanes) is 2. The summed E-state index contributed by atoms with van der Waals surface area (Å²) in [5.41, 5.74) is -0.150. The zero-order valence-electron chi connectivity index (χ0n) is 44.1. The molecule has 8 radical (unpaired) electrons. The van der Waals surface area contributed by atoms with E-state index in [1.807, 2.05) is 105 Å². The monoisotopic (exact) mass is 1470 g/mol. The van der Waals surface area contributed by atoms with Gasteiger partial charge in [-0.2, -0.15) is 0 Å². The Labute approximate surface area is 462 Å². The molecule has 7 rings (SSSR count). The Morgan fingerprint density at radius 1 is 0.514 bits per heavy atom. The van der Waals surface area contributed by atoms with Crippen molar-refractivity contribution in [1.82, 2.24) is 4.98 Å². The van der Waals surface area contributed by atoms with Gasteiger partial charge >= 0.3 is 78.4 Å². The van der Waals surface area contributed by atoms with E-state index in [0.717, 1.165) is 0 Å². The SMILES string of the molecule is C[Si](C)O[Si]12O[Si]3(O[Si](C)C)O[Si]4(O[Si](C)C)O[Si](O[Si](C)C)(O1)O[Si]1(O[Si](C)C)O[Si](O[Si](C)C)(O2)O[Si](O[Si](C)C)(O3)O[Si](O[Si](C)(C)CCCCCOc2cccnc2C(=O)O)(O4)O1.[CH3-].[CH3-].[Ir].[NH2-].[NH2-]. The van der Waals surface area contributed by atoms with E-state index in [-0.39, 0.29) is 65.3 Å². The van der Waals surface area contributed by atoms with E-state index in [1.54, 1.807) is 12.1 Å². The molecule has 6 aliphatic rings. The molecule has 7 heterocycles. The first kappa shape index (κ1) is 71.7. The van der Waals surface area contributed by atoms with Crippen molar-refractivity contribution in [3.63, 3.8) is 0 Å². The number of carboxylic acids is 1. The molecule has 6 fully saturated rings. The standard InChI is InChI=1S/C27H62NO23Si16.2CH3.Ir.2H2N/c1-52(2)32-60-40-61(33-53(3)4)43-64(36-56(9)10)45-62(41-60,34-54(5)6)47-66(38-58(13)14)48-63(42-60,35-55(7)8)46-65(44-61,37-57(11)12)50-67(49-64,51-66)39-59(15,16)24-19-17-18-23-31-25-21-20-22-28-26(25)27(29)30;;;;;/h20-22H,17-19,23-24H2,1-16H3,(H,29,30);2*1H3;;2*1H2/q;2*-1;;2*-1. The molecule has 418 valence electrons. The van der Waals surface area contributed by atoms with E-state index in [9.17, 15) is 9.90 Å². The van der Waals surface area contributed by atoms with Crippen LogP contribution in [0, 0.1) is 14.9 Å². The van der Waals surface area contributed by atoms with Crippen molar-refractivity contribution >= 4 is 150 Å². The fraction of sp³-hybridized carbons (Fsp3) is 0.724. The van der Waals surface area contributed by atoms with Crippen LogP contribution in [0.1, 0.15) is 29.8 Å². The second-order valence-corrected chi connectivity index (χ2v) is 58.5. The van der Waals surface area contributed by atoms with Crippen molar-refractivity contribution in [2.24, 2.45) is 0 Å². The largest absolute Gasteiger partial charge is 0.693 e. The topological polar surface area (TPSA) is 311 Å². The van der Waals surface area contributed by atoms with Gasteiger partial charge in [-0.15, -0.1) is 0 Å². The van der Waals surface area contributed by atoms with Crippen LogP contribution in [0.5, 0.6) is 5.75 Å². The van der Waals surface area contributed by atoms with Gasteiger partial charge in [-0.05, 0) is 129 Å². The zero-order chi connectivity index (χ0) is 49.5. The average molecular weight is 1470 g/mol. The number of aromatic carboxylic acids is 1. The molecule has 72 heavy (non-hydrogen) atoms. The van der Waals surface area contributed by atoms with E-state index in [0.29, 0.717) is 25.3 Å². The molecule has 0 saturated carbocycles. The number of pyridine rings is 1. The summed E-state index contributed by atoms with van der Waals surface area (Å²) < 4.78 is 147. The summed E-state index contributed by atoms with van der Waals surface area (Å²) in [4.78, 5) is 15.6. The van der Waals surface area contributed by atoms with Crippen molar-refractivity contribution in [2.75, 3.05) is 6.61 Å². The second-order valence-electron chi connectivity index (χ2n) is 17.5. The first-order valence-electron chi connectivity index (χ1n) is 21.4. The van der Waals surface area contributed by atoms with Gasteiger partial charge in [0.2, 0.25) is 0 Å². The maximum absolute atomic E-state index is 11.7. The Kier molecular flexibility index (Phi) is 27.8. The van der Waals surface area contributed by atoms with Gasteiger partial charge in [0.25, 0.3) is 0 Å². The molecule has 26 nitrogen and oxygen atoms in total. The van der Waals surface area contributed by atoms with E-state index >= 15 is 0 Å². The van der Waals surface area contributed by atoms with Crippen LogP contribution in [0.3, 0.4) is 0 Å². The normalized spacial score (nSPS) is 32.8. The van der Waals surface area contributed by atoms with Crippen molar-refractivity contribution in [1.29, 1.82) is 0 Å². The first-order valence-corrected chi connectivity index (χ1v) is 54.4. The number of hydrogen-bond donors (Lipinski definition) is 1. The Morgan fingerprint density at radius 3 is 1.06 bits per heavy atom. The molecule has 5 N–H and O–H groups in total. The third-order valence-corrected chi connectivity index (χ3v) is 55.6. The molecule has 1 aromatic rings. The fourth-order valence-corrected chi connectivity index (χ4v) is 65.6. The summed E-state index contributed by atoms with van der Waals surface area (Å²) >= 11 is 0. The van der Waals surface area contributed by atoms with Crippen molar-refractivity contribution < 1.29 is 117 Å².